The van der Waals surface area contributed by atoms with Crippen molar-refractivity contribution in [3.63, 3.8) is 0 Å². The van der Waals surface area contributed by atoms with Crippen molar-refractivity contribution in [1.82, 2.24) is 45.7 Å². The summed E-state index contributed by atoms with van der Waals surface area (Å²) in [5.74, 6) is 7.93. The fourth-order valence-electron chi connectivity index (χ4n) is 27.1. The number of carbonyl (C=O) groups is 3. The van der Waals surface area contributed by atoms with Crippen molar-refractivity contribution < 1.29 is 53.0 Å². The van der Waals surface area contributed by atoms with E-state index in [2.05, 4.69) is 152 Å². The topological polar surface area (TPSA) is 281 Å². The first-order valence-corrected chi connectivity index (χ1v) is 42.8. The third-order valence-electron chi connectivity index (χ3n) is 34.6. The molecular weight excluding hydrogens is 1410 g/mol. The lowest BCUT2D eigenvalue weighted by Gasteiger charge is -2.71. The number of nitrogens with zero attached hydrogens (tertiary/aromatic N) is 7. The van der Waals surface area contributed by atoms with Crippen LogP contribution in [0.4, 0.5) is 0 Å². The zero-order chi connectivity index (χ0) is 80.6. The first-order chi connectivity index (χ1) is 53.1. The van der Waals surface area contributed by atoms with Crippen molar-refractivity contribution in [2.45, 2.75) is 235 Å². The van der Waals surface area contributed by atoms with E-state index in [0.717, 1.165) is 147 Å². The van der Waals surface area contributed by atoms with Gasteiger partial charge in [0.25, 0.3) is 5.91 Å². The number of hydrogen-bond acceptors (Lipinski definition) is 17. The highest BCUT2D eigenvalue weighted by Gasteiger charge is 2.75. The van der Waals surface area contributed by atoms with E-state index in [9.17, 15) is 24.6 Å². The number of aliphatic imine (C=N–C) groups is 1. The molecule has 3 aromatic heterocycles. The summed E-state index contributed by atoms with van der Waals surface area (Å²) >= 11 is 0. The second-order valence-electron chi connectivity index (χ2n) is 40.2. The predicted octanol–water partition coefficient (Wildman–Crippen LogP) is 14.0. The Hall–Kier alpha value is -5.40. The predicted molar refractivity (Wildman–Crippen MR) is 434 cm³/mol. The molecule has 0 aromatic carbocycles. The van der Waals surface area contributed by atoms with Crippen LogP contribution in [-0.4, -0.2) is 188 Å². The molecule has 4 saturated heterocycles. The van der Waals surface area contributed by atoms with Crippen LogP contribution in [0.15, 0.2) is 83.7 Å². The van der Waals surface area contributed by atoms with Crippen molar-refractivity contribution in [3.05, 3.63) is 84.2 Å². The van der Waals surface area contributed by atoms with Crippen LogP contribution in [-0.2, 0) is 38.0 Å². The van der Waals surface area contributed by atoms with Crippen molar-refractivity contribution in [2.24, 2.45) is 124 Å². The van der Waals surface area contributed by atoms with Gasteiger partial charge < -0.3 is 54.2 Å². The molecular formula is C90H139N11O11. The Morgan fingerprint density at radius 3 is 1.49 bits per heavy atom. The zero-order valence-electron chi connectivity index (χ0n) is 71.2. The number of hydrogen-bond donors (Lipinski definition) is 6. The van der Waals surface area contributed by atoms with Crippen LogP contribution in [0.3, 0.4) is 0 Å². The first kappa shape index (κ1) is 84.5. The van der Waals surface area contributed by atoms with Crippen LogP contribution in [0, 0.1) is 113 Å². The van der Waals surface area contributed by atoms with Gasteiger partial charge in [0.1, 0.15) is 6.33 Å². The number of hydrazine groups is 1. The number of rotatable bonds is 19. The normalized spacial score (nSPS) is 40.7. The smallest absolute Gasteiger partial charge is 0.307 e. The van der Waals surface area contributed by atoms with E-state index in [4.69, 9.17) is 44.3 Å². The fourth-order valence-corrected chi connectivity index (χ4v) is 27.1. The van der Waals surface area contributed by atoms with Crippen LogP contribution in [0.25, 0.3) is 11.4 Å². The minimum Gasteiger partial charge on any atom is -0.481 e. The number of allylic oxidation sites excluding steroid dienone is 2. The number of carboxylic acid groups (broad SMARTS) is 2. The van der Waals surface area contributed by atoms with E-state index in [1.165, 1.54) is 11.9 Å². The average molecular weight is 1550 g/mol. The van der Waals surface area contributed by atoms with Crippen LogP contribution in [0.1, 0.15) is 216 Å². The van der Waals surface area contributed by atoms with E-state index < -0.39 is 17.9 Å². The molecule has 4 aliphatic heterocycles. The minimum absolute atomic E-state index is 0.0120. The summed E-state index contributed by atoms with van der Waals surface area (Å²) in [6.45, 7) is 39.5. The highest BCUT2D eigenvalue weighted by atomic mass is 16.5. The number of carboxylic acids is 2. The quantitative estimate of drug-likeness (QED) is 0.0214. The summed E-state index contributed by atoms with van der Waals surface area (Å²) in [5.41, 5.74) is 5.43. The van der Waals surface area contributed by atoms with Gasteiger partial charge in [-0.2, -0.15) is 10.1 Å². The summed E-state index contributed by atoms with van der Waals surface area (Å²) in [4.78, 5) is 56.6. The number of aliphatic carboxylic acids is 2. The van der Waals surface area contributed by atoms with Crippen molar-refractivity contribution in [3.8, 4) is 11.4 Å². The highest BCUT2D eigenvalue weighted by molar-refractivity contribution is 5.98. The molecule has 10 fully saturated rings. The van der Waals surface area contributed by atoms with Gasteiger partial charge in [0.15, 0.2) is 5.82 Å². The summed E-state index contributed by atoms with van der Waals surface area (Å²) < 4.78 is 41.5. The molecule has 0 spiro atoms. The summed E-state index contributed by atoms with van der Waals surface area (Å²) in [5, 5.41) is 34.4. The molecule has 7 heterocycles. The molecule has 0 unspecified atom stereocenters. The van der Waals surface area contributed by atoms with E-state index >= 15 is 0 Å². The van der Waals surface area contributed by atoms with Gasteiger partial charge in [-0.05, 0) is 221 Å². The maximum atomic E-state index is 13.6. The zero-order valence-corrected chi connectivity index (χ0v) is 71.2. The van der Waals surface area contributed by atoms with Crippen LogP contribution in [0.5, 0.6) is 0 Å². The molecule has 3 aromatic rings. The lowest BCUT2D eigenvalue weighted by molar-refractivity contribution is -0.253. The average Bonchev–Trinajstić information content (AvgIpc) is 0.678. The molecule has 620 valence electrons. The Balaban J connectivity index is 0.000000171. The van der Waals surface area contributed by atoms with Crippen molar-refractivity contribution in [1.29, 1.82) is 0 Å². The van der Waals surface area contributed by atoms with Crippen molar-refractivity contribution in [2.75, 3.05) is 94.3 Å². The summed E-state index contributed by atoms with van der Waals surface area (Å²) in [6, 6.07) is 7.23. The molecule has 22 nitrogen and oxygen atoms in total. The van der Waals surface area contributed by atoms with Crippen LogP contribution >= 0.6 is 0 Å². The van der Waals surface area contributed by atoms with Gasteiger partial charge in [0.2, 0.25) is 0 Å². The number of amides is 1. The van der Waals surface area contributed by atoms with Gasteiger partial charge in [-0.1, -0.05) is 120 Å². The lowest BCUT2D eigenvalue weighted by Crippen LogP contribution is -2.72. The molecule has 22 atom stereocenters. The minimum atomic E-state index is -0.618. The molecule has 15 rings (SSSR count). The van der Waals surface area contributed by atoms with Gasteiger partial charge in [0, 0.05) is 115 Å². The number of ether oxygens (including phenoxy) is 6. The van der Waals surface area contributed by atoms with Crippen LogP contribution in [0.2, 0.25) is 0 Å². The molecule has 7 N–H and O–H groups in total. The highest BCUT2D eigenvalue weighted by Crippen LogP contribution is 2.78. The molecule has 12 aliphatic rings. The Morgan fingerprint density at radius 1 is 0.607 bits per heavy atom. The van der Waals surface area contributed by atoms with E-state index in [1.54, 1.807) is 41.3 Å². The van der Waals surface area contributed by atoms with Crippen molar-refractivity contribution >= 4 is 24.2 Å². The second kappa shape index (κ2) is 31.8. The number of carbonyl (C=O) groups excluding carboxylic acids is 1. The first-order valence-electron chi connectivity index (χ1n) is 42.8. The number of nitrogens with two attached hydrogens (primary N) is 1. The maximum absolute atomic E-state index is 13.6. The Bertz CT molecular complexity index is 3920. The van der Waals surface area contributed by atoms with E-state index in [0.29, 0.717) is 85.9 Å². The summed E-state index contributed by atoms with van der Waals surface area (Å²) in [6.07, 6.45) is 30.2. The van der Waals surface area contributed by atoms with E-state index in [-0.39, 0.29) is 101 Å². The number of likely N-dealkylation sites (N-methyl/N-ethyl adjacent to an activating group) is 2. The molecule has 1 amide bonds. The lowest BCUT2D eigenvalue weighted by atomic mass is 9.34. The molecule has 6 saturated carbocycles. The SMILES string of the molecule is CN(C)C=NC(=O)c1ccncc1.CNC1(CO[C@H]2[C@H](NN)C[C@@]34COC[C@]2(C)[C@@H]3CC[C@H]2C4=CC[C@@]3(C)[C@H](C(=O)O)[C@@](C)([C@H](C)C(C)C)CC[C@]23C)CCOCC1.CNC1(CO[C@H]2[C@H](n3ncnc3-c3ccncc3)C[C@@]34COC[C@]2(C)[C@@H]3CC[C@H]2C4=CC[C@@]3(C)[C@H](C(=O)O)[C@@](C)([C@H](C)C(C)C)CC[C@]23C)CCOCC1. The Morgan fingerprint density at radius 2 is 1.05 bits per heavy atom. The molecule has 8 aliphatic carbocycles. The Labute approximate surface area is 668 Å². The largest absolute Gasteiger partial charge is 0.481 e. The monoisotopic (exact) mass is 1550 g/mol. The standard InChI is InChI=1S/C44H65N5O5.C37H63N3O5.C9H11N3O/c1-28(2)29(3)39(4)15-16-41(6)31-9-10-34-40(5)24-53-26-44(34,32(31)11-14-42(41,7)35(39)38(50)51)23-33(36(40)54-25-43(45-8)17-21-52-22-18-43)49-37(47-27-48-49)30-12-19-46-20-13-30;1-23(2)24(3)32(4)13-14-34(6)25-9-10-28-33(5)20-44-22-37(28,26(25)11-12-35(34,7)29(32)31(41)42)19-27(40-38)30(33)45-21-36(39-8)15-17-43-18-16-36;1-12(2)7-11-9(13)8-3-5-10-6-4-8/h11-13,19-20,27-29,31,33-36,45H,9-10,14-18,21-26H2,1-8H3,(H,50,51);11,23-25,27-30,39-40H,9-10,12-22,38H2,1-8H3,(H,41,42);3-7H,1-2H3/t29-,31+,33-,34+,35-,36+,39-,40-,41-,42+,44+;24-,25+,27-,28+,29-,30+,32-,33-,34-,35+,37+;/m11./s1. The van der Waals surface area contributed by atoms with Crippen LogP contribution < -0.4 is 21.9 Å². The van der Waals surface area contributed by atoms with Gasteiger partial charge in [0.05, 0.1) is 76.1 Å². The summed E-state index contributed by atoms with van der Waals surface area (Å²) in [7, 11) is 7.72. The maximum Gasteiger partial charge on any atom is 0.307 e. The third kappa shape index (κ3) is 13.8. The number of aromatic nitrogens is 5. The second-order valence-corrected chi connectivity index (χ2v) is 40.2. The van der Waals surface area contributed by atoms with Gasteiger partial charge in [-0.25, -0.2) is 9.67 Å². The number of fused-ring (bicyclic) bond motifs is 6. The molecule has 112 heavy (non-hydrogen) atoms. The fraction of sp³-hybridized carbons (Fsp3) is 0.778. The number of pyridine rings is 2. The molecule has 0 radical (unpaired) electrons. The number of nitrogens with one attached hydrogen (secondary N) is 3. The molecule has 22 heteroatoms. The van der Waals surface area contributed by atoms with Gasteiger partial charge in [-0.15, -0.1) is 0 Å². The van der Waals surface area contributed by atoms with Gasteiger partial charge >= 0.3 is 11.9 Å². The molecule has 4 bridgehead atoms. The van der Waals surface area contributed by atoms with E-state index in [1.807, 2.05) is 45.7 Å². The van der Waals surface area contributed by atoms with Gasteiger partial charge in [-0.3, -0.25) is 35.6 Å². The third-order valence-corrected chi connectivity index (χ3v) is 34.6. The Kier molecular flexibility index (Phi) is 24.0.